The zero-order valence-electron chi connectivity index (χ0n) is 19.5. The lowest BCUT2D eigenvalue weighted by Gasteiger charge is -2.33. The van der Waals surface area contributed by atoms with Crippen LogP contribution in [0.2, 0.25) is 0 Å². The zero-order chi connectivity index (χ0) is 24.4. The van der Waals surface area contributed by atoms with Crippen molar-refractivity contribution in [3.8, 4) is 11.6 Å². The second-order valence-electron chi connectivity index (χ2n) is 9.07. The van der Waals surface area contributed by atoms with Crippen molar-refractivity contribution in [2.24, 2.45) is 5.92 Å². The Kier molecular flexibility index (Phi) is 6.48. The molecule has 0 saturated carbocycles. The number of fused-ring (bicyclic) bond motifs is 1. The molecule has 182 valence electrons. The van der Waals surface area contributed by atoms with Gasteiger partial charge in [-0.3, -0.25) is 0 Å². The van der Waals surface area contributed by atoms with Crippen LogP contribution in [-0.2, 0) is 13.0 Å². The van der Waals surface area contributed by atoms with Crippen LogP contribution in [0.1, 0.15) is 31.0 Å². The van der Waals surface area contributed by atoms with Crippen molar-refractivity contribution in [3.63, 3.8) is 0 Å². The Labute approximate surface area is 202 Å². The third kappa shape index (κ3) is 5.18. The highest BCUT2D eigenvalue weighted by atomic mass is 19.1. The summed E-state index contributed by atoms with van der Waals surface area (Å²) in [6, 6.07) is 12.1. The molecule has 2 aliphatic heterocycles. The lowest BCUT2D eigenvalue weighted by atomic mass is 9.99. The van der Waals surface area contributed by atoms with Crippen LogP contribution in [0.3, 0.4) is 0 Å². The number of anilines is 2. The molecule has 0 aliphatic carbocycles. The summed E-state index contributed by atoms with van der Waals surface area (Å²) in [5.41, 5.74) is 2.09. The van der Waals surface area contributed by atoms with Gasteiger partial charge in [-0.15, -0.1) is 0 Å². The molecule has 3 aromatic rings. The molecule has 2 aromatic carbocycles. The summed E-state index contributed by atoms with van der Waals surface area (Å²) in [6.45, 7) is 4.57. The van der Waals surface area contributed by atoms with Crippen molar-refractivity contribution in [1.82, 2.24) is 14.9 Å². The molecule has 5 rings (SSSR count). The number of ether oxygens (including phenoxy) is 1. The van der Waals surface area contributed by atoms with Crippen LogP contribution in [0, 0.1) is 17.6 Å². The summed E-state index contributed by atoms with van der Waals surface area (Å²) in [4.78, 5) is 26.1. The molecular weight excluding hydrogens is 452 g/mol. The van der Waals surface area contributed by atoms with E-state index in [9.17, 15) is 13.6 Å². The van der Waals surface area contributed by atoms with Crippen molar-refractivity contribution in [1.29, 1.82) is 0 Å². The lowest BCUT2D eigenvalue weighted by molar-refractivity contribution is 0.205. The maximum Gasteiger partial charge on any atom is 0.322 e. The van der Waals surface area contributed by atoms with Gasteiger partial charge in [0.15, 0.2) is 11.6 Å². The molecular formula is C26H27F2N5O2. The number of rotatable bonds is 4. The normalized spacial score (nSPS) is 16.1. The molecule has 3 heterocycles. The number of amides is 2. The van der Waals surface area contributed by atoms with E-state index in [0.717, 1.165) is 43.8 Å². The molecule has 0 atom stereocenters. The number of piperidine rings is 1. The molecule has 0 unspecified atom stereocenters. The third-order valence-corrected chi connectivity index (χ3v) is 6.49. The molecule has 1 N–H and O–H groups in total. The highest BCUT2D eigenvalue weighted by Gasteiger charge is 2.29. The van der Waals surface area contributed by atoms with Gasteiger partial charge in [0.1, 0.15) is 5.82 Å². The molecule has 1 aromatic heterocycles. The topological polar surface area (TPSA) is 70.6 Å². The van der Waals surface area contributed by atoms with E-state index in [4.69, 9.17) is 9.72 Å². The standard InChI is InChI=1S/C26H27F2N5O2/c1-17-9-12-32(13-10-17)25-30-22-11-14-33(26(34)29-19-5-3-2-4-6-19)16-20(22)24(31-25)35-23-8-7-18(27)15-21(23)28/h2-8,15,17H,9-14,16H2,1H3,(H,29,34). The fraction of sp³-hybridized carbons (Fsp3) is 0.346. The first kappa shape index (κ1) is 23.0. The van der Waals surface area contributed by atoms with Gasteiger partial charge in [0.05, 0.1) is 17.8 Å². The molecule has 7 nitrogen and oxygen atoms in total. The number of benzene rings is 2. The van der Waals surface area contributed by atoms with Gasteiger partial charge < -0.3 is 19.9 Å². The quantitative estimate of drug-likeness (QED) is 0.545. The van der Waals surface area contributed by atoms with Crippen molar-refractivity contribution in [3.05, 3.63) is 71.4 Å². The average Bonchev–Trinajstić information content (AvgIpc) is 2.86. The molecule has 0 radical (unpaired) electrons. The molecule has 9 heteroatoms. The molecule has 2 amide bonds. The van der Waals surface area contributed by atoms with Gasteiger partial charge in [0.25, 0.3) is 0 Å². The first-order valence-electron chi connectivity index (χ1n) is 11.8. The minimum absolute atomic E-state index is 0.128. The SMILES string of the molecule is CC1CCN(c2nc3c(c(Oc4ccc(F)cc4F)n2)CN(C(=O)Nc2ccccc2)CC3)CC1. The number of halogens is 2. The Morgan fingerprint density at radius 1 is 1.06 bits per heavy atom. The number of hydrogen-bond donors (Lipinski definition) is 1. The Bertz CT molecular complexity index is 1220. The van der Waals surface area contributed by atoms with E-state index < -0.39 is 11.6 Å². The monoisotopic (exact) mass is 479 g/mol. The number of nitrogens with one attached hydrogen (secondary N) is 1. The summed E-state index contributed by atoms with van der Waals surface area (Å²) >= 11 is 0. The molecule has 0 bridgehead atoms. The summed E-state index contributed by atoms with van der Waals surface area (Å²) in [5, 5.41) is 2.89. The number of urea groups is 1. The van der Waals surface area contributed by atoms with E-state index in [1.807, 2.05) is 30.3 Å². The summed E-state index contributed by atoms with van der Waals surface area (Å²) in [6.07, 6.45) is 2.59. The van der Waals surface area contributed by atoms with E-state index in [1.54, 1.807) is 4.90 Å². The van der Waals surface area contributed by atoms with E-state index >= 15 is 0 Å². The average molecular weight is 480 g/mol. The van der Waals surface area contributed by atoms with Crippen LogP contribution in [0.25, 0.3) is 0 Å². The number of nitrogens with zero attached hydrogens (tertiary/aromatic N) is 4. The van der Waals surface area contributed by atoms with Crippen molar-refractivity contribution >= 4 is 17.7 Å². The Morgan fingerprint density at radius 3 is 2.57 bits per heavy atom. The first-order valence-corrected chi connectivity index (χ1v) is 11.8. The predicted molar refractivity (Wildman–Crippen MR) is 129 cm³/mol. The number of aromatic nitrogens is 2. The number of para-hydroxylation sites is 1. The Hall–Kier alpha value is -3.75. The van der Waals surface area contributed by atoms with Crippen LogP contribution in [-0.4, -0.2) is 40.5 Å². The summed E-state index contributed by atoms with van der Waals surface area (Å²) < 4.78 is 33.7. The van der Waals surface area contributed by atoms with Crippen LogP contribution >= 0.6 is 0 Å². The summed E-state index contributed by atoms with van der Waals surface area (Å²) in [7, 11) is 0. The largest absolute Gasteiger partial charge is 0.435 e. The van der Waals surface area contributed by atoms with Crippen LogP contribution < -0.4 is 15.0 Å². The van der Waals surface area contributed by atoms with Gasteiger partial charge in [-0.05, 0) is 43.0 Å². The van der Waals surface area contributed by atoms with Crippen LogP contribution in [0.15, 0.2) is 48.5 Å². The van der Waals surface area contributed by atoms with Crippen LogP contribution in [0.5, 0.6) is 11.6 Å². The fourth-order valence-electron chi connectivity index (χ4n) is 4.37. The van der Waals surface area contributed by atoms with Crippen molar-refractivity contribution < 1.29 is 18.3 Å². The Balaban J connectivity index is 1.45. The highest BCUT2D eigenvalue weighted by molar-refractivity contribution is 5.89. The maximum absolute atomic E-state index is 14.4. The van der Waals surface area contributed by atoms with Crippen LogP contribution in [0.4, 0.5) is 25.2 Å². The van der Waals surface area contributed by atoms with Gasteiger partial charge in [0, 0.05) is 37.8 Å². The Morgan fingerprint density at radius 2 is 1.83 bits per heavy atom. The van der Waals surface area contributed by atoms with E-state index in [2.05, 4.69) is 22.1 Å². The van der Waals surface area contributed by atoms with Gasteiger partial charge in [-0.1, -0.05) is 25.1 Å². The van der Waals surface area contributed by atoms with E-state index in [1.165, 1.54) is 6.07 Å². The zero-order valence-corrected chi connectivity index (χ0v) is 19.5. The number of carbonyl (C=O) groups excluding carboxylic acids is 1. The van der Waals surface area contributed by atoms with Gasteiger partial charge >= 0.3 is 6.03 Å². The molecule has 1 saturated heterocycles. The molecule has 2 aliphatic rings. The molecule has 0 spiro atoms. The second-order valence-corrected chi connectivity index (χ2v) is 9.07. The van der Waals surface area contributed by atoms with E-state index in [-0.39, 0.29) is 24.2 Å². The summed E-state index contributed by atoms with van der Waals surface area (Å²) in [5.74, 6) is -0.269. The van der Waals surface area contributed by atoms with Gasteiger partial charge in [-0.2, -0.15) is 4.98 Å². The second kappa shape index (κ2) is 9.85. The third-order valence-electron chi connectivity index (χ3n) is 6.49. The minimum Gasteiger partial charge on any atom is -0.435 e. The maximum atomic E-state index is 14.4. The number of carbonyl (C=O) groups is 1. The van der Waals surface area contributed by atoms with Gasteiger partial charge in [-0.25, -0.2) is 18.6 Å². The van der Waals surface area contributed by atoms with Crippen molar-refractivity contribution in [2.75, 3.05) is 29.9 Å². The molecule has 1 fully saturated rings. The smallest absolute Gasteiger partial charge is 0.322 e. The van der Waals surface area contributed by atoms with Gasteiger partial charge in [0.2, 0.25) is 11.8 Å². The molecule has 35 heavy (non-hydrogen) atoms. The predicted octanol–water partition coefficient (Wildman–Crippen LogP) is 5.37. The van der Waals surface area contributed by atoms with Crippen molar-refractivity contribution in [2.45, 2.75) is 32.7 Å². The first-order chi connectivity index (χ1) is 17.0. The highest BCUT2D eigenvalue weighted by Crippen LogP contribution is 2.33. The lowest BCUT2D eigenvalue weighted by Crippen LogP contribution is -2.40. The van der Waals surface area contributed by atoms with E-state index in [0.29, 0.717) is 36.1 Å². The minimum atomic E-state index is -0.819. The number of hydrogen-bond acceptors (Lipinski definition) is 5. The fourth-order valence-corrected chi connectivity index (χ4v) is 4.37.